The lowest BCUT2D eigenvalue weighted by molar-refractivity contribution is -0.140. The Balaban J connectivity index is 3.99. The Kier molecular flexibility index (Phi) is 35.0. The number of nitrogens with zero attached hydrogens (tertiary/aromatic N) is 2. The Hall–Kier alpha value is -1.60. The van der Waals surface area contributed by atoms with E-state index in [1.807, 2.05) is 0 Å². The summed E-state index contributed by atoms with van der Waals surface area (Å²) < 4.78 is 4.68. The van der Waals surface area contributed by atoms with E-state index in [4.69, 9.17) is 0 Å². The van der Waals surface area contributed by atoms with Crippen LogP contribution in [0.25, 0.3) is 0 Å². The molecule has 0 heterocycles. The molecule has 0 N–H and O–H groups in total. The molecule has 268 valence electrons. The van der Waals surface area contributed by atoms with Gasteiger partial charge in [0.1, 0.15) is 6.29 Å². The van der Waals surface area contributed by atoms with Gasteiger partial charge in [0.15, 0.2) is 0 Å². The third kappa shape index (κ3) is 33.8. The first-order chi connectivity index (χ1) is 22.5. The lowest BCUT2D eigenvalue weighted by atomic mass is 10.1. The number of carbonyl (C=O) groups excluding carboxylic acids is 3. The van der Waals surface area contributed by atoms with E-state index in [-0.39, 0.29) is 5.97 Å². The molecule has 0 saturated heterocycles. The minimum atomic E-state index is -0.102. The van der Waals surface area contributed by atoms with Gasteiger partial charge < -0.3 is 19.3 Å². The van der Waals surface area contributed by atoms with Crippen molar-refractivity contribution in [3.63, 3.8) is 0 Å². The molecule has 0 aliphatic heterocycles. The topological polar surface area (TPSA) is 66.9 Å². The van der Waals surface area contributed by atoms with Gasteiger partial charge in [-0.1, -0.05) is 88.5 Å². The number of amides is 1. The summed E-state index contributed by atoms with van der Waals surface area (Å²) in [4.78, 5) is 38.8. The Morgan fingerprint density at radius 3 is 1.43 bits per heavy atom. The fourth-order valence-electron chi connectivity index (χ4n) is 5.35. The Labute approximate surface area is 288 Å². The number of aldehydes is 1. The van der Waals surface area contributed by atoms with Crippen LogP contribution >= 0.6 is 11.8 Å². The Bertz CT molecular complexity index is 756. The normalized spacial score (nSPS) is 11.7. The van der Waals surface area contributed by atoms with E-state index >= 15 is 0 Å². The van der Waals surface area contributed by atoms with Crippen LogP contribution in [0.15, 0.2) is 24.3 Å². The molecule has 0 atom stereocenters. The van der Waals surface area contributed by atoms with E-state index in [0.717, 1.165) is 95.9 Å². The average molecular weight is 665 g/mol. The molecule has 0 bridgehead atoms. The molecule has 0 aliphatic carbocycles. The number of thioether (sulfide) groups is 1. The third-order valence-electron chi connectivity index (χ3n) is 8.36. The van der Waals surface area contributed by atoms with Gasteiger partial charge in [0.2, 0.25) is 5.91 Å². The molecule has 0 radical (unpaired) electrons. The van der Waals surface area contributed by atoms with E-state index in [0.29, 0.717) is 24.5 Å². The Morgan fingerprint density at radius 1 is 0.565 bits per heavy atom. The molecule has 1 amide bonds. The van der Waals surface area contributed by atoms with E-state index in [2.05, 4.69) is 52.9 Å². The number of esters is 1. The molecule has 0 fully saturated rings. The second-order valence-corrected chi connectivity index (χ2v) is 14.1. The first-order valence-corrected chi connectivity index (χ1v) is 20.0. The molecule has 46 heavy (non-hydrogen) atoms. The smallest absolute Gasteiger partial charge is 0.305 e. The van der Waals surface area contributed by atoms with Crippen molar-refractivity contribution in [3.8, 4) is 0 Å². The summed E-state index contributed by atoms with van der Waals surface area (Å²) in [7, 11) is 5.63. The number of hydrogen-bond donors (Lipinski definition) is 0. The molecule has 0 aliphatic rings. The summed E-state index contributed by atoms with van der Waals surface area (Å²) in [5.74, 6) is 1.85. The van der Waals surface area contributed by atoms with Crippen LogP contribution in [0.1, 0.15) is 154 Å². The van der Waals surface area contributed by atoms with E-state index in [9.17, 15) is 14.4 Å². The molecular weight excluding hydrogens is 593 g/mol. The second-order valence-electron chi connectivity index (χ2n) is 13.0. The quantitative estimate of drug-likeness (QED) is 0.0291. The van der Waals surface area contributed by atoms with Gasteiger partial charge in [-0.3, -0.25) is 9.59 Å². The number of rotatable bonds is 35. The fourth-order valence-corrected chi connectivity index (χ4v) is 6.35. The van der Waals surface area contributed by atoms with Crippen LogP contribution in [-0.2, 0) is 19.1 Å². The largest absolute Gasteiger partial charge is 0.469 e. The average Bonchev–Trinajstić information content (AvgIpc) is 3.05. The minimum absolute atomic E-state index is 0.102. The van der Waals surface area contributed by atoms with Gasteiger partial charge in [-0.2, -0.15) is 11.8 Å². The van der Waals surface area contributed by atoms with Crippen LogP contribution in [0.5, 0.6) is 0 Å². The number of unbranched alkanes of at least 4 members (excludes halogenated alkanes) is 19. The summed E-state index contributed by atoms with van der Waals surface area (Å²) >= 11 is 1.77. The molecule has 0 saturated carbocycles. The highest BCUT2D eigenvalue weighted by molar-refractivity contribution is 7.99. The predicted molar refractivity (Wildman–Crippen MR) is 200 cm³/mol. The molecule has 0 aromatic carbocycles. The third-order valence-corrected chi connectivity index (χ3v) is 9.29. The fraction of sp³-hybridized carbons (Fsp3) is 0.821. The van der Waals surface area contributed by atoms with Crippen molar-refractivity contribution in [2.75, 3.05) is 52.3 Å². The van der Waals surface area contributed by atoms with Crippen LogP contribution < -0.4 is 0 Å². The lowest BCUT2D eigenvalue weighted by Crippen LogP contribution is -2.34. The van der Waals surface area contributed by atoms with Crippen molar-refractivity contribution in [3.05, 3.63) is 24.3 Å². The van der Waals surface area contributed by atoms with Crippen molar-refractivity contribution in [1.29, 1.82) is 0 Å². The summed E-state index contributed by atoms with van der Waals surface area (Å²) in [6.45, 7) is 2.85. The molecule has 6 nitrogen and oxygen atoms in total. The van der Waals surface area contributed by atoms with Gasteiger partial charge >= 0.3 is 5.97 Å². The van der Waals surface area contributed by atoms with Crippen molar-refractivity contribution in [2.45, 2.75) is 154 Å². The van der Waals surface area contributed by atoms with Gasteiger partial charge in [0, 0.05) is 38.2 Å². The Morgan fingerprint density at radius 2 is 0.978 bits per heavy atom. The summed E-state index contributed by atoms with van der Waals surface area (Å²) in [5.41, 5.74) is 0. The predicted octanol–water partition coefficient (Wildman–Crippen LogP) is 9.96. The number of allylic oxidation sites excluding steroid dienone is 4. The van der Waals surface area contributed by atoms with E-state index < -0.39 is 0 Å². The highest BCUT2D eigenvalue weighted by atomic mass is 32.2. The van der Waals surface area contributed by atoms with E-state index in [1.165, 1.54) is 84.2 Å². The van der Waals surface area contributed by atoms with Gasteiger partial charge in [0.05, 0.1) is 12.9 Å². The molecule has 0 aromatic heterocycles. The van der Waals surface area contributed by atoms with Crippen molar-refractivity contribution >= 4 is 29.9 Å². The van der Waals surface area contributed by atoms with Gasteiger partial charge in [-0.15, -0.1) is 0 Å². The van der Waals surface area contributed by atoms with Gasteiger partial charge in [-0.25, -0.2) is 0 Å². The zero-order valence-electron chi connectivity index (χ0n) is 30.3. The molecule has 7 heteroatoms. The van der Waals surface area contributed by atoms with Crippen LogP contribution in [-0.4, -0.2) is 80.3 Å². The standard InChI is InChI=1S/C39H72N2O4S/c1-40(2)34-36-46-37-38(43)41(32-28-24-20-16-12-8-4-5-10-14-18-22-26-30-35-42)33-29-25-21-17-13-9-6-7-11-15-19-23-27-31-39(44)45-3/h5,7,10-11,35H,4,6,8-9,12-34,36-37H2,1-3H3/b10-5-,11-7-. The van der Waals surface area contributed by atoms with Crippen molar-refractivity contribution in [2.24, 2.45) is 0 Å². The zero-order valence-corrected chi connectivity index (χ0v) is 31.1. The maximum Gasteiger partial charge on any atom is 0.305 e. The van der Waals surface area contributed by atoms with Gasteiger partial charge in [0.25, 0.3) is 0 Å². The summed E-state index contributed by atoms with van der Waals surface area (Å²) in [5, 5.41) is 0. The molecule has 0 aromatic rings. The molecular formula is C39H72N2O4S. The first kappa shape index (κ1) is 44.4. The lowest BCUT2D eigenvalue weighted by Gasteiger charge is -2.23. The zero-order chi connectivity index (χ0) is 33.8. The second kappa shape index (κ2) is 36.2. The minimum Gasteiger partial charge on any atom is -0.469 e. The monoisotopic (exact) mass is 665 g/mol. The highest BCUT2D eigenvalue weighted by Crippen LogP contribution is 2.13. The molecule has 0 spiro atoms. The van der Waals surface area contributed by atoms with Crippen LogP contribution in [0.3, 0.4) is 0 Å². The molecule has 0 unspecified atom stereocenters. The van der Waals surface area contributed by atoms with Crippen LogP contribution in [0.4, 0.5) is 0 Å². The maximum atomic E-state index is 13.0. The number of hydrogen-bond acceptors (Lipinski definition) is 6. The summed E-state index contributed by atoms with van der Waals surface area (Å²) in [6, 6.07) is 0. The number of carbonyl (C=O) groups is 3. The van der Waals surface area contributed by atoms with Crippen LogP contribution in [0.2, 0.25) is 0 Å². The van der Waals surface area contributed by atoms with Crippen molar-refractivity contribution < 1.29 is 19.1 Å². The number of ether oxygens (including phenoxy) is 1. The van der Waals surface area contributed by atoms with Gasteiger partial charge in [-0.05, 0) is 91.1 Å². The molecule has 0 rings (SSSR count). The maximum absolute atomic E-state index is 13.0. The summed E-state index contributed by atoms with van der Waals surface area (Å²) in [6.07, 6.45) is 37.6. The van der Waals surface area contributed by atoms with Crippen molar-refractivity contribution in [1.82, 2.24) is 9.80 Å². The van der Waals surface area contributed by atoms with Crippen LogP contribution in [0, 0.1) is 0 Å². The van der Waals surface area contributed by atoms with E-state index in [1.54, 1.807) is 11.8 Å². The highest BCUT2D eigenvalue weighted by Gasteiger charge is 2.13. The number of methoxy groups -OCH3 is 1. The SMILES string of the molecule is COC(=O)CCCCC/C=C\CCCCCCCCN(CCCCCCCC/C=C\CCCCCC=O)C(=O)CSCCN(C)C. The first-order valence-electron chi connectivity index (χ1n) is 18.8.